The van der Waals surface area contributed by atoms with Crippen molar-refractivity contribution in [3.05, 3.63) is 0 Å². The Morgan fingerprint density at radius 1 is 1.14 bits per heavy atom. The van der Waals surface area contributed by atoms with E-state index >= 15 is 0 Å². The number of ether oxygens (including phenoxy) is 1. The van der Waals surface area contributed by atoms with Gasteiger partial charge in [-0.05, 0) is 39.0 Å². The molecule has 0 bridgehead atoms. The molecule has 4 fully saturated rings. The first-order chi connectivity index (χ1) is 10.3. The fourth-order valence-corrected chi connectivity index (χ4v) is 5.16. The molecule has 0 radical (unpaired) electrons. The van der Waals surface area contributed by atoms with Crippen LogP contribution in [0.2, 0.25) is 0 Å². The molecule has 0 aromatic heterocycles. The summed E-state index contributed by atoms with van der Waals surface area (Å²) in [6.45, 7) is 3.94. The average molecular weight is 291 g/mol. The molecule has 2 N–H and O–H groups in total. The van der Waals surface area contributed by atoms with Crippen LogP contribution in [0, 0.1) is 11.3 Å². The van der Waals surface area contributed by atoms with Gasteiger partial charge in [-0.2, -0.15) is 0 Å². The summed E-state index contributed by atoms with van der Waals surface area (Å²) in [5.41, 5.74) is 0.438. The summed E-state index contributed by atoms with van der Waals surface area (Å²) in [6, 6.07) is 1.23. The predicted octanol–water partition coefficient (Wildman–Crippen LogP) is 2.44. The van der Waals surface area contributed by atoms with Crippen molar-refractivity contribution < 1.29 is 4.74 Å². The van der Waals surface area contributed by atoms with Crippen LogP contribution in [0.4, 0.5) is 0 Å². The van der Waals surface area contributed by atoms with Crippen LogP contribution in [0.25, 0.3) is 0 Å². The zero-order valence-electron chi connectivity index (χ0n) is 13.2. The van der Waals surface area contributed by atoms with Crippen molar-refractivity contribution in [2.24, 2.45) is 16.3 Å². The van der Waals surface area contributed by atoms with Crippen LogP contribution < -0.4 is 10.6 Å². The van der Waals surface area contributed by atoms with Crippen LogP contribution >= 0.6 is 0 Å². The van der Waals surface area contributed by atoms with Gasteiger partial charge in [-0.1, -0.05) is 19.3 Å². The van der Waals surface area contributed by atoms with Crippen LogP contribution in [0.5, 0.6) is 0 Å². The summed E-state index contributed by atoms with van der Waals surface area (Å²) in [7, 11) is 0. The minimum absolute atomic E-state index is 0.438. The molecule has 1 aliphatic heterocycles. The van der Waals surface area contributed by atoms with Gasteiger partial charge in [0, 0.05) is 36.6 Å². The van der Waals surface area contributed by atoms with E-state index in [4.69, 9.17) is 9.73 Å². The van der Waals surface area contributed by atoms with Crippen molar-refractivity contribution in [3.63, 3.8) is 0 Å². The van der Waals surface area contributed by atoms with Crippen LogP contribution in [-0.2, 0) is 4.74 Å². The number of aliphatic imine (C=N–C) groups is 1. The minimum Gasteiger partial charge on any atom is -0.377 e. The van der Waals surface area contributed by atoms with Gasteiger partial charge in [0.15, 0.2) is 5.96 Å². The largest absolute Gasteiger partial charge is 0.377 e. The predicted molar refractivity (Wildman–Crippen MR) is 84.4 cm³/mol. The molecule has 4 rings (SSSR count). The lowest BCUT2D eigenvalue weighted by atomic mass is 9.46. The van der Waals surface area contributed by atoms with Crippen LogP contribution in [0.15, 0.2) is 4.99 Å². The second-order valence-electron chi connectivity index (χ2n) is 7.40. The number of hydrogen-bond donors (Lipinski definition) is 2. The fourth-order valence-electron chi connectivity index (χ4n) is 5.16. The third-order valence-electron chi connectivity index (χ3n) is 6.34. The van der Waals surface area contributed by atoms with E-state index in [1.54, 1.807) is 0 Å². The Hall–Kier alpha value is -0.770. The molecule has 1 saturated heterocycles. The van der Waals surface area contributed by atoms with Gasteiger partial charge in [0.2, 0.25) is 0 Å². The maximum absolute atomic E-state index is 6.01. The monoisotopic (exact) mass is 291 g/mol. The highest BCUT2D eigenvalue weighted by atomic mass is 16.5. The Balaban J connectivity index is 1.43. The average Bonchev–Trinajstić information content (AvgIpc) is 3.05. The van der Waals surface area contributed by atoms with Gasteiger partial charge in [-0.25, -0.2) is 0 Å². The number of guanidine groups is 1. The summed E-state index contributed by atoms with van der Waals surface area (Å²) in [6.07, 6.45) is 11.2. The molecule has 1 heterocycles. The van der Waals surface area contributed by atoms with Gasteiger partial charge >= 0.3 is 0 Å². The van der Waals surface area contributed by atoms with Crippen LogP contribution in [0.1, 0.15) is 58.3 Å². The molecule has 118 valence electrons. The zero-order valence-corrected chi connectivity index (χ0v) is 13.2. The van der Waals surface area contributed by atoms with Crippen molar-refractivity contribution >= 4 is 5.96 Å². The van der Waals surface area contributed by atoms with Crippen molar-refractivity contribution in [3.8, 4) is 0 Å². The molecule has 0 amide bonds. The molecule has 21 heavy (non-hydrogen) atoms. The van der Waals surface area contributed by atoms with E-state index in [-0.39, 0.29) is 0 Å². The van der Waals surface area contributed by atoms with Crippen molar-refractivity contribution in [1.29, 1.82) is 0 Å². The number of fused-ring (bicyclic) bond motifs is 2. The zero-order chi connectivity index (χ0) is 14.3. The smallest absolute Gasteiger partial charge is 0.191 e. The van der Waals surface area contributed by atoms with Gasteiger partial charge in [0.25, 0.3) is 0 Å². The Labute approximate surface area is 128 Å². The second kappa shape index (κ2) is 5.45. The van der Waals surface area contributed by atoms with E-state index in [1.807, 2.05) is 0 Å². The lowest BCUT2D eigenvalue weighted by molar-refractivity contribution is -0.171. The summed E-state index contributed by atoms with van der Waals surface area (Å²) < 4.78 is 6.01. The van der Waals surface area contributed by atoms with Crippen molar-refractivity contribution in [1.82, 2.24) is 10.6 Å². The van der Waals surface area contributed by atoms with Gasteiger partial charge in [0.05, 0.1) is 6.10 Å². The molecule has 3 aliphatic carbocycles. The second-order valence-corrected chi connectivity index (χ2v) is 7.40. The topological polar surface area (TPSA) is 45.7 Å². The molecular formula is C17H29N3O. The van der Waals surface area contributed by atoms with E-state index in [0.717, 1.165) is 25.0 Å². The summed E-state index contributed by atoms with van der Waals surface area (Å²) in [5, 5.41) is 7.48. The quantitative estimate of drug-likeness (QED) is 0.620. The third kappa shape index (κ3) is 2.18. The molecule has 4 nitrogen and oxygen atoms in total. The number of rotatable bonds is 3. The highest BCUT2D eigenvalue weighted by Gasteiger charge is 2.66. The maximum atomic E-state index is 6.01. The summed E-state index contributed by atoms with van der Waals surface area (Å²) >= 11 is 0. The number of hydrogen-bond acceptors (Lipinski definition) is 2. The standard InChI is InChI=1S/C17H29N3O/c1-2-18-16(19-12-6-3-4-7-12)20-14-13-8-11-21-15(13)17(14)9-5-10-17/h12-15H,2-11H2,1H3,(H2,18,19,20). The normalized spacial score (nSPS) is 38.0. The first kappa shape index (κ1) is 13.9. The Morgan fingerprint density at radius 3 is 2.62 bits per heavy atom. The van der Waals surface area contributed by atoms with E-state index in [1.165, 1.54) is 51.4 Å². The fraction of sp³-hybridized carbons (Fsp3) is 0.941. The summed E-state index contributed by atoms with van der Waals surface area (Å²) in [4.78, 5) is 4.70. The van der Waals surface area contributed by atoms with Gasteiger partial charge in [0.1, 0.15) is 0 Å². The Bertz CT molecular complexity index is 412. The maximum Gasteiger partial charge on any atom is 0.191 e. The molecule has 3 unspecified atom stereocenters. The SMILES string of the molecule is CCN=C(NC1CCCC1)NC1C2CCOC2C12CCC2. The van der Waals surface area contributed by atoms with E-state index in [0.29, 0.717) is 23.6 Å². The van der Waals surface area contributed by atoms with E-state index in [9.17, 15) is 0 Å². The molecule has 4 aliphatic rings. The Morgan fingerprint density at radius 2 is 1.95 bits per heavy atom. The van der Waals surface area contributed by atoms with Crippen LogP contribution in [-0.4, -0.2) is 37.3 Å². The van der Waals surface area contributed by atoms with Gasteiger partial charge in [-0.15, -0.1) is 0 Å². The van der Waals surface area contributed by atoms with Gasteiger partial charge in [-0.3, -0.25) is 4.99 Å². The first-order valence-electron chi connectivity index (χ1n) is 9.02. The van der Waals surface area contributed by atoms with E-state index in [2.05, 4.69) is 17.6 Å². The lowest BCUT2D eigenvalue weighted by Crippen LogP contribution is -2.72. The number of nitrogens with one attached hydrogen (secondary N) is 2. The molecule has 0 aromatic carbocycles. The minimum atomic E-state index is 0.438. The van der Waals surface area contributed by atoms with Crippen molar-refractivity contribution in [2.45, 2.75) is 76.5 Å². The number of nitrogens with zero attached hydrogens (tertiary/aromatic N) is 1. The highest BCUT2D eigenvalue weighted by molar-refractivity contribution is 5.80. The Kier molecular flexibility index (Phi) is 3.60. The molecule has 4 heteroatoms. The molecular weight excluding hydrogens is 262 g/mol. The van der Waals surface area contributed by atoms with Gasteiger partial charge < -0.3 is 15.4 Å². The first-order valence-corrected chi connectivity index (χ1v) is 9.02. The van der Waals surface area contributed by atoms with Crippen molar-refractivity contribution in [2.75, 3.05) is 13.2 Å². The molecule has 3 saturated carbocycles. The summed E-state index contributed by atoms with van der Waals surface area (Å²) in [5.74, 6) is 1.78. The van der Waals surface area contributed by atoms with Crippen LogP contribution in [0.3, 0.4) is 0 Å². The molecule has 1 spiro atoms. The molecule has 0 aromatic rings. The third-order valence-corrected chi connectivity index (χ3v) is 6.34. The van der Waals surface area contributed by atoms with E-state index < -0.39 is 0 Å². The highest BCUT2D eigenvalue weighted by Crippen LogP contribution is 2.62. The molecule has 3 atom stereocenters. The lowest BCUT2D eigenvalue weighted by Gasteiger charge is -2.63.